The van der Waals surface area contributed by atoms with Crippen LogP contribution in [-0.4, -0.2) is 68.3 Å². The summed E-state index contributed by atoms with van der Waals surface area (Å²) in [6.07, 6.45) is 32.7. The molecule has 0 fully saturated rings. The zero-order valence-corrected chi connectivity index (χ0v) is 33.4. The van der Waals surface area contributed by atoms with Gasteiger partial charge in [0.25, 0.3) is 7.82 Å². The molecule has 7 nitrogen and oxygen atoms in total. The molecule has 9 heteroatoms. The Morgan fingerprint density at radius 1 is 0.660 bits per heavy atom. The van der Waals surface area contributed by atoms with Gasteiger partial charge in [-0.25, -0.2) is 0 Å². The van der Waals surface area contributed by atoms with Crippen LogP contribution in [0.15, 0.2) is 0 Å². The number of nitrogens with zero attached hydrogens (tertiary/aromatic N) is 1. The standard InChI is InChI=1S/C38H78NO6PS/c1-6-8-10-12-14-16-18-20-22-24-26-28-30-36(31-29-27-25-23-21-19-17-15-13-11-9-7-2)38(47)45-37(34-40)35-44-46(41,42)43-33-32-39(3,4)5/h36-37,40H,6-35H2,1-5H3/t37-/m0/s1. The average Bonchev–Trinajstić information content (AvgIpc) is 3.02. The van der Waals surface area contributed by atoms with Gasteiger partial charge in [0.05, 0.1) is 34.4 Å². The van der Waals surface area contributed by atoms with Gasteiger partial charge in [-0.2, -0.15) is 0 Å². The molecule has 47 heavy (non-hydrogen) atoms. The maximum absolute atomic E-state index is 12.2. The lowest BCUT2D eigenvalue weighted by atomic mass is 9.94. The molecule has 0 heterocycles. The Morgan fingerprint density at radius 2 is 1.02 bits per heavy atom. The van der Waals surface area contributed by atoms with E-state index >= 15 is 0 Å². The number of quaternary nitrogens is 1. The Bertz CT molecular complexity index is 722. The zero-order chi connectivity index (χ0) is 35.1. The van der Waals surface area contributed by atoms with Gasteiger partial charge >= 0.3 is 0 Å². The van der Waals surface area contributed by atoms with Crippen molar-refractivity contribution in [2.45, 2.75) is 187 Å². The van der Waals surface area contributed by atoms with Crippen LogP contribution in [-0.2, 0) is 18.3 Å². The van der Waals surface area contributed by atoms with E-state index in [1.807, 2.05) is 21.1 Å². The van der Waals surface area contributed by atoms with E-state index < -0.39 is 13.9 Å². The fourth-order valence-corrected chi connectivity index (χ4v) is 6.97. The van der Waals surface area contributed by atoms with Crippen LogP contribution in [0.25, 0.3) is 0 Å². The topological polar surface area (TPSA) is 88.0 Å². The molecule has 0 radical (unpaired) electrons. The minimum absolute atomic E-state index is 0.0352. The van der Waals surface area contributed by atoms with E-state index in [-0.39, 0.29) is 25.7 Å². The summed E-state index contributed by atoms with van der Waals surface area (Å²) in [6, 6.07) is 0. The van der Waals surface area contributed by atoms with Crippen molar-refractivity contribution in [2.75, 3.05) is 47.5 Å². The second-order valence-electron chi connectivity index (χ2n) is 14.9. The number of likely N-dealkylation sites (N-methyl/N-ethyl adjacent to an activating group) is 1. The molecule has 0 amide bonds. The summed E-state index contributed by atoms with van der Waals surface area (Å²) in [6.45, 7) is 4.41. The van der Waals surface area contributed by atoms with Crippen LogP contribution in [0.1, 0.15) is 181 Å². The average molecular weight is 708 g/mol. The maximum atomic E-state index is 12.2. The molecule has 0 rings (SSSR count). The molecule has 0 aliphatic heterocycles. The fourth-order valence-electron chi connectivity index (χ4n) is 5.87. The summed E-state index contributed by atoms with van der Waals surface area (Å²) in [5.41, 5.74) is 0. The number of aliphatic hydroxyl groups is 1. The van der Waals surface area contributed by atoms with E-state index in [0.29, 0.717) is 16.1 Å². The van der Waals surface area contributed by atoms with Crippen LogP contribution in [0.4, 0.5) is 0 Å². The molecule has 0 saturated heterocycles. The normalized spacial score (nSPS) is 14.0. The SMILES string of the molecule is CCCCCCCCCCCCCCC(CCCCCCCCCCCCCC)C(=S)O[C@@H](CO)COP(=O)([O-])OCC[N+](C)(C)C. The van der Waals surface area contributed by atoms with E-state index in [9.17, 15) is 14.6 Å². The van der Waals surface area contributed by atoms with Crippen LogP contribution >= 0.6 is 20.0 Å². The Labute approximate surface area is 297 Å². The summed E-state index contributed by atoms with van der Waals surface area (Å²) in [5.74, 6) is 0.130. The fraction of sp³-hybridized carbons (Fsp3) is 0.974. The van der Waals surface area contributed by atoms with Gasteiger partial charge in [0.2, 0.25) is 0 Å². The molecule has 0 spiro atoms. The molecule has 0 aromatic heterocycles. The van der Waals surface area contributed by atoms with Crippen molar-refractivity contribution in [1.82, 2.24) is 0 Å². The smallest absolute Gasteiger partial charge is 0.268 e. The first-order valence-corrected chi connectivity index (χ1v) is 21.6. The van der Waals surface area contributed by atoms with Crippen molar-refractivity contribution in [3.05, 3.63) is 0 Å². The summed E-state index contributed by atoms with van der Waals surface area (Å²) in [5, 5.41) is 10.4. The summed E-state index contributed by atoms with van der Waals surface area (Å²) in [7, 11) is 1.39. The summed E-state index contributed by atoms with van der Waals surface area (Å²) < 4.78 is 28.8. The highest BCUT2D eigenvalue weighted by Gasteiger charge is 2.22. The Balaban J connectivity index is 4.58. The molecular weight excluding hydrogens is 629 g/mol. The van der Waals surface area contributed by atoms with Gasteiger partial charge in [-0.1, -0.05) is 168 Å². The number of unbranched alkanes of at least 4 members (excludes halogenated alkanes) is 22. The third-order valence-electron chi connectivity index (χ3n) is 9.06. The predicted octanol–water partition coefficient (Wildman–Crippen LogP) is 10.7. The van der Waals surface area contributed by atoms with Gasteiger partial charge in [0.1, 0.15) is 19.3 Å². The molecule has 1 unspecified atom stereocenters. The minimum Gasteiger partial charge on any atom is -0.756 e. The van der Waals surface area contributed by atoms with Gasteiger partial charge in [-0.05, 0) is 25.1 Å². The third-order valence-corrected chi connectivity index (χ3v) is 10.5. The van der Waals surface area contributed by atoms with E-state index in [4.69, 9.17) is 26.0 Å². The zero-order valence-electron chi connectivity index (χ0n) is 31.7. The largest absolute Gasteiger partial charge is 0.756 e. The highest BCUT2D eigenvalue weighted by Crippen LogP contribution is 2.38. The molecule has 2 atom stereocenters. The number of aliphatic hydroxyl groups excluding tert-OH is 1. The Kier molecular flexibility index (Phi) is 31.8. The third kappa shape index (κ3) is 32.9. The van der Waals surface area contributed by atoms with Gasteiger partial charge in [0.15, 0.2) is 5.05 Å². The van der Waals surface area contributed by atoms with Gasteiger partial charge in [-0.3, -0.25) is 4.57 Å². The van der Waals surface area contributed by atoms with Gasteiger partial charge in [-0.15, -0.1) is 0 Å². The minimum atomic E-state index is -4.49. The van der Waals surface area contributed by atoms with E-state index in [1.54, 1.807) is 0 Å². The van der Waals surface area contributed by atoms with Crippen molar-refractivity contribution in [3.8, 4) is 0 Å². The number of rotatable bonds is 36. The Hall–Kier alpha value is -0.0800. The first kappa shape index (κ1) is 46.9. The second-order valence-corrected chi connectivity index (χ2v) is 16.7. The molecule has 0 bridgehead atoms. The van der Waals surface area contributed by atoms with Crippen LogP contribution in [0, 0.1) is 5.92 Å². The molecule has 0 saturated carbocycles. The molecule has 282 valence electrons. The second kappa shape index (κ2) is 31.9. The van der Waals surface area contributed by atoms with Gasteiger partial charge in [0, 0.05) is 5.92 Å². The number of ether oxygens (including phenoxy) is 1. The quantitative estimate of drug-likeness (QED) is 0.0300. The van der Waals surface area contributed by atoms with Crippen molar-refractivity contribution in [1.29, 1.82) is 0 Å². The number of thiocarbonyl (C=S) groups is 1. The molecule has 1 N–H and O–H groups in total. The highest BCUT2D eigenvalue weighted by atomic mass is 32.1. The highest BCUT2D eigenvalue weighted by molar-refractivity contribution is 7.80. The predicted molar refractivity (Wildman–Crippen MR) is 202 cm³/mol. The number of phosphoric ester groups is 1. The van der Waals surface area contributed by atoms with Crippen LogP contribution in [0.2, 0.25) is 0 Å². The lowest BCUT2D eigenvalue weighted by molar-refractivity contribution is -0.870. The van der Waals surface area contributed by atoms with E-state index in [0.717, 1.165) is 25.7 Å². The molecule has 0 aliphatic rings. The van der Waals surface area contributed by atoms with Crippen molar-refractivity contribution in [3.63, 3.8) is 0 Å². The maximum Gasteiger partial charge on any atom is 0.268 e. The number of phosphoric acid groups is 1. The monoisotopic (exact) mass is 708 g/mol. The summed E-state index contributed by atoms with van der Waals surface area (Å²) >= 11 is 5.74. The molecule has 0 aromatic rings. The lowest BCUT2D eigenvalue weighted by Gasteiger charge is -2.29. The van der Waals surface area contributed by atoms with Crippen LogP contribution in [0.5, 0.6) is 0 Å². The lowest BCUT2D eigenvalue weighted by Crippen LogP contribution is -2.37. The number of hydrogen-bond acceptors (Lipinski definition) is 7. The van der Waals surface area contributed by atoms with E-state index in [1.165, 1.54) is 141 Å². The van der Waals surface area contributed by atoms with Crippen molar-refractivity contribution in [2.24, 2.45) is 5.92 Å². The molecular formula is C38H78NO6PS. The van der Waals surface area contributed by atoms with Crippen molar-refractivity contribution < 1.29 is 32.8 Å². The Morgan fingerprint density at radius 3 is 1.36 bits per heavy atom. The number of hydrogen-bond donors (Lipinski definition) is 1. The first-order valence-electron chi connectivity index (χ1n) is 19.8. The first-order chi connectivity index (χ1) is 22.5. The summed E-state index contributed by atoms with van der Waals surface area (Å²) in [4.78, 5) is 12.2. The van der Waals surface area contributed by atoms with Crippen LogP contribution < -0.4 is 4.89 Å². The molecule has 0 aliphatic carbocycles. The van der Waals surface area contributed by atoms with E-state index in [2.05, 4.69) is 13.8 Å². The molecule has 0 aromatic carbocycles. The van der Waals surface area contributed by atoms with Crippen molar-refractivity contribution >= 4 is 25.1 Å². The van der Waals surface area contributed by atoms with Gasteiger partial charge < -0.3 is 28.3 Å². The van der Waals surface area contributed by atoms with Crippen LogP contribution in [0.3, 0.4) is 0 Å².